The zero-order chi connectivity index (χ0) is 21.9. The Kier molecular flexibility index (Phi) is 9.10. The third-order valence-corrected chi connectivity index (χ3v) is 7.37. The first-order valence-corrected chi connectivity index (χ1v) is 12.9. The zero-order valence-electron chi connectivity index (χ0n) is 18.2. The molecule has 0 atom stereocenters. The summed E-state index contributed by atoms with van der Waals surface area (Å²) in [5.74, 6) is 0.0878. The average molecular weight is 443 g/mol. The van der Waals surface area contributed by atoms with Crippen molar-refractivity contribution < 1.29 is 13.2 Å². The van der Waals surface area contributed by atoms with Crippen molar-refractivity contribution in [1.29, 1.82) is 0 Å². The maximum Gasteiger partial charge on any atom is 0.240 e. The summed E-state index contributed by atoms with van der Waals surface area (Å²) in [6.07, 6.45) is 10.1. The van der Waals surface area contributed by atoms with Crippen molar-refractivity contribution in [3.8, 4) is 0 Å². The molecule has 0 unspecified atom stereocenters. The lowest BCUT2D eigenvalue weighted by molar-refractivity contribution is -0.121. The van der Waals surface area contributed by atoms with E-state index in [0.717, 1.165) is 24.0 Å². The van der Waals surface area contributed by atoms with E-state index in [4.69, 9.17) is 0 Å². The average Bonchev–Trinajstić information content (AvgIpc) is 2.75. The van der Waals surface area contributed by atoms with Gasteiger partial charge in [-0.3, -0.25) is 4.79 Å². The van der Waals surface area contributed by atoms with Crippen LogP contribution in [0, 0.1) is 0 Å². The molecule has 0 heterocycles. The quantitative estimate of drug-likeness (QED) is 0.606. The Morgan fingerprint density at radius 2 is 1.42 bits per heavy atom. The van der Waals surface area contributed by atoms with Crippen LogP contribution in [0.3, 0.4) is 0 Å². The highest BCUT2D eigenvalue weighted by atomic mass is 32.2. The highest BCUT2D eigenvalue weighted by Crippen LogP contribution is 2.17. The topological polar surface area (TPSA) is 75.3 Å². The van der Waals surface area contributed by atoms with Crippen molar-refractivity contribution in [2.45, 2.75) is 75.1 Å². The first kappa shape index (κ1) is 23.5. The summed E-state index contributed by atoms with van der Waals surface area (Å²) < 4.78 is 27.7. The van der Waals surface area contributed by atoms with Crippen LogP contribution in [-0.2, 0) is 27.7 Å². The normalized spacial score (nSPS) is 15.7. The molecule has 0 bridgehead atoms. The van der Waals surface area contributed by atoms with Crippen LogP contribution in [0.15, 0.2) is 59.5 Å². The van der Waals surface area contributed by atoms with E-state index in [1.807, 2.05) is 30.3 Å². The second-order valence-electron chi connectivity index (χ2n) is 8.39. The van der Waals surface area contributed by atoms with Gasteiger partial charge >= 0.3 is 0 Å². The number of hydrogen-bond donors (Lipinski definition) is 2. The van der Waals surface area contributed by atoms with Crippen LogP contribution in [-0.4, -0.2) is 26.9 Å². The van der Waals surface area contributed by atoms with Crippen molar-refractivity contribution in [1.82, 2.24) is 10.0 Å². The van der Waals surface area contributed by atoms with Gasteiger partial charge < -0.3 is 5.32 Å². The Bertz CT molecular complexity index is 904. The molecular weight excluding hydrogens is 408 g/mol. The second kappa shape index (κ2) is 12.0. The van der Waals surface area contributed by atoms with Gasteiger partial charge in [0.05, 0.1) is 4.90 Å². The molecule has 0 aliphatic heterocycles. The molecule has 2 aromatic carbocycles. The number of amides is 1. The standard InChI is InChI=1S/C25H34N2O3S/c28-25(27-23-11-7-2-1-3-8-12-23)18-15-22-13-16-24(17-14-22)31(29,30)26-20-19-21-9-5-4-6-10-21/h4-6,9-10,13-14,16-17,23,26H,1-3,7-8,11-12,15,18-20H2,(H,27,28). The Balaban J connectivity index is 1.43. The molecule has 2 aromatic rings. The van der Waals surface area contributed by atoms with Crippen LogP contribution in [0.2, 0.25) is 0 Å². The molecule has 0 spiro atoms. The molecule has 6 heteroatoms. The summed E-state index contributed by atoms with van der Waals surface area (Å²) in [5.41, 5.74) is 2.06. The van der Waals surface area contributed by atoms with Gasteiger partial charge in [0.25, 0.3) is 0 Å². The molecular formula is C25H34N2O3S. The maximum atomic E-state index is 12.5. The predicted molar refractivity (Wildman–Crippen MR) is 124 cm³/mol. The third kappa shape index (κ3) is 8.11. The number of carbonyl (C=O) groups is 1. The Hall–Kier alpha value is -2.18. The highest BCUT2D eigenvalue weighted by Gasteiger charge is 2.15. The third-order valence-electron chi connectivity index (χ3n) is 5.89. The van der Waals surface area contributed by atoms with Gasteiger partial charge in [-0.2, -0.15) is 0 Å². The van der Waals surface area contributed by atoms with E-state index < -0.39 is 10.0 Å². The smallest absolute Gasteiger partial charge is 0.240 e. The summed E-state index contributed by atoms with van der Waals surface area (Å²) in [4.78, 5) is 12.6. The van der Waals surface area contributed by atoms with Gasteiger partial charge in [-0.15, -0.1) is 0 Å². The van der Waals surface area contributed by atoms with Crippen LogP contribution in [0.4, 0.5) is 0 Å². The lowest BCUT2D eigenvalue weighted by atomic mass is 9.96. The fourth-order valence-electron chi connectivity index (χ4n) is 4.05. The molecule has 1 fully saturated rings. The minimum atomic E-state index is -3.53. The van der Waals surface area contributed by atoms with Gasteiger partial charge in [-0.1, -0.05) is 74.6 Å². The van der Waals surface area contributed by atoms with Gasteiger partial charge in [-0.25, -0.2) is 13.1 Å². The molecule has 5 nitrogen and oxygen atoms in total. The molecule has 31 heavy (non-hydrogen) atoms. The van der Waals surface area contributed by atoms with Gasteiger partial charge in [0, 0.05) is 19.0 Å². The minimum Gasteiger partial charge on any atom is -0.353 e. The van der Waals surface area contributed by atoms with E-state index in [9.17, 15) is 13.2 Å². The van der Waals surface area contributed by atoms with E-state index in [-0.39, 0.29) is 10.8 Å². The van der Waals surface area contributed by atoms with Gasteiger partial charge in [0.1, 0.15) is 0 Å². The number of aryl methyl sites for hydroxylation is 1. The number of rotatable bonds is 9. The molecule has 2 N–H and O–H groups in total. The summed E-state index contributed by atoms with van der Waals surface area (Å²) in [6.45, 7) is 0.357. The fourth-order valence-corrected chi connectivity index (χ4v) is 5.08. The minimum absolute atomic E-state index is 0.0878. The Morgan fingerprint density at radius 3 is 2.10 bits per heavy atom. The lowest BCUT2D eigenvalue weighted by Gasteiger charge is -2.21. The van der Waals surface area contributed by atoms with Crippen molar-refractivity contribution in [3.63, 3.8) is 0 Å². The number of carbonyl (C=O) groups excluding carboxylic acids is 1. The molecule has 0 radical (unpaired) electrons. The first-order chi connectivity index (χ1) is 15.0. The van der Waals surface area contributed by atoms with E-state index in [1.165, 1.54) is 32.1 Å². The molecule has 1 aliphatic rings. The summed E-state index contributed by atoms with van der Waals surface area (Å²) >= 11 is 0. The number of nitrogens with one attached hydrogen (secondary N) is 2. The van der Waals surface area contributed by atoms with Crippen LogP contribution in [0.5, 0.6) is 0 Å². The van der Waals surface area contributed by atoms with E-state index in [0.29, 0.717) is 31.8 Å². The second-order valence-corrected chi connectivity index (χ2v) is 10.2. The van der Waals surface area contributed by atoms with Gasteiger partial charge in [-0.05, 0) is 48.9 Å². The summed E-state index contributed by atoms with van der Waals surface area (Å²) in [7, 11) is -3.53. The molecule has 3 rings (SSSR count). The van der Waals surface area contributed by atoms with Crippen LogP contribution in [0.1, 0.15) is 62.5 Å². The zero-order valence-corrected chi connectivity index (χ0v) is 19.0. The van der Waals surface area contributed by atoms with Crippen molar-refractivity contribution >= 4 is 15.9 Å². The largest absolute Gasteiger partial charge is 0.353 e. The van der Waals surface area contributed by atoms with Crippen LogP contribution < -0.4 is 10.0 Å². The molecule has 1 saturated carbocycles. The molecule has 0 aromatic heterocycles. The number of hydrogen-bond acceptors (Lipinski definition) is 3. The molecule has 1 amide bonds. The SMILES string of the molecule is O=C(CCc1ccc(S(=O)(=O)NCCc2ccccc2)cc1)NC1CCCCCCC1. The van der Waals surface area contributed by atoms with Crippen LogP contribution >= 0.6 is 0 Å². The van der Waals surface area contributed by atoms with E-state index in [2.05, 4.69) is 10.0 Å². The Morgan fingerprint density at radius 1 is 0.806 bits per heavy atom. The first-order valence-electron chi connectivity index (χ1n) is 11.4. The molecule has 168 valence electrons. The van der Waals surface area contributed by atoms with E-state index >= 15 is 0 Å². The summed E-state index contributed by atoms with van der Waals surface area (Å²) in [6, 6.07) is 16.9. The monoisotopic (exact) mass is 442 g/mol. The van der Waals surface area contributed by atoms with Crippen molar-refractivity contribution in [2.24, 2.45) is 0 Å². The van der Waals surface area contributed by atoms with Crippen molar-refractivity contribution in [2.75, 3.05) is 6.54 Å². The van der Waals surface area contributed by atoms with Gasteiger partial charge in [0.2, 0.25) is 15.9 Å². The van der Waals surface area contributed by atoms with Crippen molar-refractivity contribution in [3.05, 3.63) is 65.7 Å². The highest BCUT2D eigenvalue weighted by molar-refractivity contribution is 7.89. The molecule has 1 aliphatic carbocycles. The molecule has 0 saturated heterocycles. The summed E-state index contributed by atoms with van der Waals surface area (Å²) in [5, 5.41) is 3.18. The van der Waals surface area contributed by atoms with Gasteiger partial charge in [0.15, 0.2) is 0 Å². The predicted octanol–water partition coefficient (Wildman–Crippen LogP) is 4.37. The van der Waals surface area contributed by atoms with E-state index in [1.54, 1.807) is 24.3 Å². The van der Waals surface area contributed by atoms with Crippen LogP contribution in [0.25, 0.3) is 0 Å². The fraction of sp³-hybridized carbons (Fsp3) is 0.480. The lowest BCUT2D eigenvalue weighted by Crippen LogP contribution is -2.35. The Labute approximate surface area is 186 Å². The number of benzene rings is 2. The maximum absolute atomic E-state index is 12.5. The number of sulfonamides is 1.